The fraction of sp³-hybridized carbons (Fsp3) is 0.667. The molecule has 4 nitrogen and oxygen atoms in total. The summed E-state index contributed by atoms with van der Waals surface area (Å²) in [4.78, 5) is 20.7. The van der Waals surface area contributed by atoms with Gasteiger partial charge in [0.2, 0.25) is 5.91 Å². The standard InChI is InChI=1S/C6H12N2O2/c1-4(3-9)8-6(10)5(2)7/h3-5H,7H2,1-2H3,(H,8,10)/t4-,5-/m0/s1. The Morgan fingerprint density at radius 3 is 2.40 bits per heavy atom. The zero-order valence-electron chi connectivity index (χ0n) is 6.13. The van der Waals surface area contributed by atoms with Crippen LogP contribution in [0.2, 0.25) is 0 Å². The highest BCUT2D eigenvalue weighted by atomic mass is 16.2. The summed E-state index contributed by atoms with van der Waals surface area (Å²) >= 11 is 0. The molecule has 0 aliphatic carbocycles. The number of nitrogens with one attached hydrogen (secondary N) is 1. The smallest absolute Gasteiger partial charge is 0.237 e. The minimum Gasteiger partial charge on any atom is -0.346 e. The Morgan fingerprint density at radius 1 is 1.60 bits per heavy atom. The normalized spacial score (nSPS) is 15.5. The lowest BCUT2D eigenvalue weighted by atomic mass is 10.3. The molecule has 0 aliphatic rings. The van der Waals surface area contributed by atoms with Crippen molar-refractivity contribution in [3.05, 3.63) is 0 Å². The third-order valence-electron chi connectivity index (χ3n) is 0.988. The molecule has 2 atom stereocenters. The van der Waals surface area contributed by atoms with Gasteiger partial charge in [-0.15, -0.1) is 0 Å². The van der Waals surface area contributed by atoms with E-state index in [0.717, 1.165) is 0 Å². The van der Waals surface area contributed by atoms with Gasteiger partial charge in [0.1, 0.15) is 6.29 Å². The van der Waals surface area contributed by atoms with Gasteiger partial charge in [-0.3, -0.25) is 4.79 Å². The van der Waals surface area contributed by atoms with E-state index in [1.165, 1.54) is 0 Å². The van der Waals surface area contributed by atoms with Crippen LogP contribution in [-0.2, 0) is 9.59 Å². The van der Waals surface area contributed by atoms with Crippen LogP contribution in [0, 0.1) is 0 Å². The molecule has 0 heterocycles. The Balaban J connectivity index is 3.68. The van der Waals surface area contributed by atoms with E-state index in [9.17, 15) is 9.59 Å². The minimum absolute atomic E-state index is 0.306. The van der Waals surface area contributed by atoms with Gasteiger partial charge in [0.15, 0.2) is 0 Å². The molecule has 58 valence electrons. The van der Waals surface area contributed by atoms with Crippen molar-refractivity contribution < 1.29 is 9.59 Å². The topological polar surface area (TPSA) is 72.2 Å². The summed E-state index contributed by atoms with van der Waals surface area (Å²) in [5.74, 6) is -0.306. The Morgan fingerprint density at radius 2 is 2.10 bits per heavy atom. The Labute approximate surface area is 59.8 Å². The van der Waals surface area contributed by atoms with Gasteiger partial charge in [0, 0.05) is 0 Å². The van der Waals surface area contributed by atoms with E-state index in [4.69, 9.17) is 5.73 Å². The zero-order valence-corrected chi connectivity index (χ0v) is 6.13. The summed E-state index contributed by atoms with van der Waals surface area (Å²) < 4.78 is 0. The third-order valence-corrected chi connectivity index (χ3v) is 0.988. The van der Waals surface area contributed by atoms with Crippen molar-refractivity contribution in [2.75, 3.05) is 0 Å². The molecule has 4 heteroatoms. The second-order valence-corrected chi connectivity index (χ2v) is 2.22. The number of rotatable bonds is 3. The maximum atomic E-state index is 10.7. The lowest BCUT2D eigenvalue weighted by Crippen LogP contribution is -2.43. The fourth-order valence-corrected chi connectivity index (χ4v) is 0.390. The van der Waals surface area contributed by atoms with Gasteiger partial charge < -0.3 is 15.8 Å². The van der Waals surface area contributed by atoms with Crippen LogP contribution in [0.15, 0.2) is 0 Å². The highest BCUT2D eigenvalue weighted by molar-refractivity contribution is 5.83. The zero-order chi connectivity index (χ0) is 8.15. The van der Waals surface area contributed by atoms with Gasteiger partial charge in [-0.1, -0.05) is 0 Å². The first kappa shape index (κ1) is 9.10. The summed E-state index contributed by atoms with van der Waals surface area (Å²) in [6.07, 6.45) is 0.653. The molecule has 10 heavy (non-hydrogen) atoms. The maximum absolute atomic E-state index is 10.7. The first-order valence-electron chi connectivity index (χ1n) is 3.09. The Bertz CT molecular complexity index is 134. The molecule has 0 saturated carbocycles. The van der Waals surface area contributed by atoms with Gasteiger partial charge in [-0.2, -0.15) is 0 Å². The number of amides is 1. The number of hydrogen-bond donors (Lipinski definition) is 2. The van der Waals surface area contributed by atoms with Crippen molar-refractivity contribution in [2.45, 2.75) is 25.9 Å². The van der Waals surface area contributed by atoms with E-state index < -0.39 is 12.1 Å². The molecule has 0 aromatic rings. The predicted molar refractivity (Wildman–Crippen MR) is 37.3 cm³/mol. The number of hydrogen-bond acceptors (Lipinski definition) is 3. The van der Waals surface area contributed by atoms with Crippen LogP contribution >= 0.6 is 0 Å². The van der Waals surface area contributed by atoms with Crippen LogP contribution in [0.4, 0.5) is 0 Å². The van der Waals surface area contributed by atoms with Crippen molar-refractivity contribution >= 4 is 12.2 Å². The van der Waals surface area contributed by atoms with Crippen LogP contribution < -0.4 is 11.1 Å². The summed E-state index contributed by atoms with van der Waals surface area (Å²) in [7, 11) is 0. The van der Waals surface area contributed by atoms with E-state index >= 15 is 0 Å². The lowest BCUT2D eigenvalue weighted by Gasteiger charge is -2.08. The van der Waals surface area contributed by atoms with E-state index in [2.05, 4.69) is 5.32 Å². The van der Waals surface area contributed by atoms with Crippen molar-refractivity contribution in [2.24, 2.45) is 5.73 Å². The molecular weight excluding hydrogens is 132 g/mol. The summed E-state index contributed by atoms with van der Waals surface area (Å²) in [6.45, 7) is 3.15. The van der Waals surface area contributed by atoms with Gasteiger partial charge in [0.25, 0.3) is 0 Å². The molecule has 0 aromatic heterocycles. The van der Waals surface area contributed by atoms with Crippen molar-refractivity contribution in [3.8, 4) is 0 Å². The third kappa shape index (κ3) is 3.19. The molecule has 0 unspecified atom stereocenters. The molecule has 1 amide bonds. The highest BCUT2D eigenvalue weighted by Gasteiger charge is 2.08. The Kier molecular flexibility index (Phi) is 3.64. The van der Waals surface area contributed by atoms with E-state index in [1.54, 1.807) is 13.8 Å². The molecule has 0 radical (unpaired) electrons. The molecule has 3 N–H and O–H groups in total. The fourth-order valence-electron chi connectivity index (χ4n) is 0.390. The van der Waals surface area contributed by atoms with Crippen molar-refractivity contribution in [1.82, 2.24) is 5.32 Å². The van der Waals surface area contributed by atoms with E-state index in [0.29, 0.717) is 6.29 Å². The molecule has 0 rings (SSSR count). The van der Waals surface area contributed by atoms with Crippen LogP contribution in [0.5, 0.6) is 0 Å². The lowest BCUT2D eigenvalue weighted by molar-refractivity contribution is -0.124. The number of carbonyl (C=O) groups excluding carboxylic acids is 2. The summed E-state index contributed by atoms with van der Waals surface area (Å²) in [5.41, 5.74) is 5.21. The number of nitrogens with two attached hydrogens (primary N) is 1. The van der Waals surface area contributed by atoms with Gasteiger partial charge in [-0.05, 0) is 13.8 Å². The molecule has 0 fully saturated rings. The average molecular weight is 144 g/mol. The second kappa shape index (κ2) is 4.00. The molecule has 0 saturated heterocycles. The minimum atomic E-state index is -0.553. The van der Waals surface area contributed by atoms with E-state index in [-0.39, 0.29) is 5.91 Å². The number of aldehydes is 1. The monoisotopic (exact) mass is 144 g/mol. The van der Waals surface area contributed by atoms with Gasteiger partial charge in [-0.25, -0.2) is 0 Å². The van der Waals surface area contributed by atoms with Crippen molar-refractivity contribution in [3.63, 3.8) is 0 Å². The SMILES string of the molecule is C[C@H](N)C(=O)N[C@@H](C)C=O. The molecule has 0 aliphatic heterocycles. The van der Waals surface area contributed by atoms with Gasteiger partial charge in [0.05, 0.1) is 12.1 Å². The first-order chi connectivity index (χ1) is 4.57. The quantitative estimate of drug-likeness (QED) is 0.501. The van der Waals surface area contributed by atoms with Crippen LogP contribution in [0.25, 0.3) is 0 Å². The Hall–Kier alpha value is -0.900. The molecule has 0 aromatic carbocycles. The first-order valence-corrected chi connectivity index (χ1v) is 3.09. The van der Waals surface area contributed by atoms with Crippen LogP contribution in [0.3, 0.4) is 0 Å². The highest BCUT2D eigenvalue weighted by Crippen LogP contribution is 1.78. The van der Waals surface area contributed by atoms with Crippen LogP contribution in [-0.4, -0.2) is 24.3 Å². The number of carbonyl (C=O) groups is 2. The van der Waals surface area contributed by atoms with E-state index in [1.807, 2.05) is 0 Å². The maximum Gasteiger partial charge on any atom is 0.237 e. The van der Waals surface area contributed by atoms with Gasteiger partial charge >= 0.3 is 0 Å². The predicted octanol–water partition coefficient (Wildman–Crippen LogP) is -0.963. The van der Waals surface area contributed by atoms with Crippen LogP contribution in [0.1, 0.15) is 13.8 Å². The second-order valence-electron chi connectivity index (χ2n) is 2.22. The molecular formula is C6H12N2O2. The van der Waals surface area contributed by atoms with Crippen molar-refractivity contribution in [1.29, 1.82) is 0 Å². The largest absolute Gasteiger partial charge is 0.346 e. The average Bonchev–Trinajstić information content (AvgIpc) is 1.87. The summed E-state index contributed by atoms with van der Waals surface area (Å²) in [5, 5.41) is 2.40. The summed E-state index contributed by atoms with van der Waals surface area (Å²) in [6, 6.07) is -0.999. The molecule has 0 bridgehead atoms. The molecule has 0 spiro atoms.